The maximum Gasteiger partial charge on any atom is 0.251 e. The Morgan fingerprint density at radius 1 is 1.10 bits per heavy atom. The van der Waals surface area contributed by atoms with Gasteiger partial charge in [0.1, 0.15) is 5.75 Å². The fraction of sp³-hybridized carbons (Fsp3) is 0.240. The van der Waals surface area contributed by atoms with Crippen molar-refractivity contribution in [3.05, 3.63) is 83.4 Å². The second-order valence-corrected chi connectivity index (χ2v) is 8.29. The third kappa shape index (κ3) is 4.62. The Kier molecular flexibility index (Phi) is 6.29. The summed E-state index contributed by atoms with van der Waals surface area (Å²) in [6.07, 6.45) is 2.98. The Bertz CT molecular complexity index is 1030. The van der Waals surface area contributed by atoms with Crippen LogP contribution in [0.1, 0.15) is 27.9 Å². The van der Waals surface area contributed by atoms with Gasteiger partial charge in [0, 0.05) is 29.2 Å². The first-order valence-corrected chi connectivity index (χ1v) is 11.4. The number of hydrogen-bond acceptors (Lipinski definition) is 4. The second kappa shape index (κ2) is 9.26. The van der Waals surface area contributed by atoms with Crippen molar-refractivity contribution in [3.63, 3.8) is 0 Å². The van der Waals surface area contributed by atoms with Gasteiger partial charge in [-0.1, -0.05) is 24.3 Å². The lowest BCUT2D eigenvalue weighted by Gasteiger charge is -2.24. The van der Waals surface area contributed by atoms with Gasteiger partial charge in [0.15, 0.2) is 0 Å². The molecule has 1 aliphatic rings. The van der Waals surface area contributed by atoms with Gasteiger partial charge in [0.25, 0.3) is 5.91 Å². The van der Waals surface area contributed by atoms with Gasteiger partial charge < -0.3 is 15.0 Å². The van der Waals surface area contributed by atoms with Gasteiger partial charge in [-0.2, -0.15) is 0 Å². The summed E-state index contributed by atoms with van der Waals surface area (Å²) in [6.45, 7) is 4.12. The summed E-state index contributed by atoms with van der Waals surface area (Å²) < 4.78 is 5.99. The minimum Gasteiger partial charge on any atom is -0.491 e. The molecule has 3 aromatic rings. The smallest absolute Gasteiger partial charge is 0.251 e. The molecule has 0 atom stereocenters. The van der Waals surface area contributed by atoms with E-state index in [9.17, 15) is 4.79 Å². The average molecular weight is 419 g/mol. The molecule has 0 aromatic heterocycles. The molecule has 0 fully saturated rings. The molecule has 154 valence electrons. The highest BCUT2D eigenvalue weighted by molar-refractivity contribution is 7.98. The van der Waals surface area contributed by atoms with Gasteiger partial charge in [0.05, 0.1) is 12.3 Å². The van der Waals surface area contributed by atoms with E-state index in [0.29, 0.717) is 18.7 Å². The Hall–Kier alpha value is -2.92. The fourth-order valence-corrected chi connectivity index (χ4v) is 4.02. The topological polar surface area (TPSA) is 41.6 Å². The standard InChI is InChI=1S/C25H26N2O2S/c1-18-5-3-6-21(15-18)27-13-4-14-29-24-16-20(9-12-23(24)27)25(28)26-17-19-7-10-22(30-2)11-8-19/h3,5-12,15-16H,4,13-14,17H2,1-2H3,(H,26,28). The van der Waals surface area contributed by atoms with Crippen molar-refractivity contribution < 1.29 is 9.53 Å². The van der Waals surface area contributed by atoms with Crippen LogP contribution in [0, 0.1) is 6.92 Å². The number of ether oxygens (including phenoxy) is 1. The minimum absolute atomic E-state index is 0.0957. The van der Waals surface area contributed by atoms with Gasteiger partial charge in [-0.3, -0.25) is 4.79 Å². The molecule has 1 aliphatic heterocycles. The van der Waals surface area contributed by atoms with Crippen LogP contribution in [-0.2, 0) is 6.54 Å². The van der Waals surface area contributed by atoms with Crippen LogP contribution < -0.4 is 15.0 Å². The fourth-order valence-electron chi connectivity index (χ4n) is 3.61. The van der Waals surface area contributed by atoms with Crippen molar-refractivity contribution in [1.29, 1.82) is 0 Å². The molecule has 0 spiro atoms. The Labute approximate surface area is 182 Å². The monoisotopic (exact) mass is 418 g/mol. The molecule has 4 rings (SSSR count). The van der Waals surface area contributed by atoms with E-state index in [2.05, 4.69) is 59.8 Å². The SMILES string of the molecule is CSc1ccc(CNC(=O)c2ccc3c(c2)OCCCN3c2cccc(C)c2)cc1. The molecule has 5 heteroatoms. The van der Waals surface area contributed by atoms with Gasteiger partial charge in [-0.15, -0.1) is 11.8 Å². The Morgan fingerprint density at radius 3 is 2.70 bits per heavy atom. The normalized spacial score (nSPS) is 13.2. The average Bonchev–Trinajstić information content (AvgIpc) is 2.99. The number of rotatable bonds is 5. The Morgan fingerprint density at radius 2 is 1.93 bits per heavy atom. The first-order chi connectivity index (χ1) is 14.6. The largest absolute Gasteiger partial charge is 0.491 e. The Balaban J connectivity index is 1.51. The van der Waals surface area contributed by atoms with E-state index < -0.39 is 0 Å². The molecular formula is C25H26N2O2S. The number of aryl methyl sites for hydroxylation is 1. The first-order valence-electron chi connectivity index (χ1n) is 10.2. The summed E-state index contributed by atoms with van der Waals surface area (Å²) in [7, 11) is 0. The lowest BCUT2D eigenvalue weighted by molar-refractivity contribution is 0.0950. The molecule has 30 heavy (non-hydrogen) atoms. The van der Waals surface area contributed by atoms with E-state index in [1.54, 1.807) is 11.8 Å². The van der Waals surface area contributed by atoms with Crippen LogP contribution in [0.15, 0.2) is 71.6 Å². The predicted octanol–water partition coefficient (Wildman–Crippen LogP) is 5.57. The van der Waals surface area contributed by atoms with E-state index >= 15 is 0 Å². The summed E-state index contributed by atoms with van der Waals surface area (Å²) in [4.78, 5) is 16.2. The van der Waals surface area contributed by atoms with Crippen molar-refractivity contribution in [3.8, 4) is 5.75 Å². The second-order valence-electron chi connectivity index (χ2n) is 7.41. The van der Waals surface area contributed by atoms with Crippen molar-refractivity contribution in [2.24, 2.45) is 0 Å². The third-order valence-corrected chi connectivity index (χ3v) is 5.97. The number of carbonyl (C=O) groups is 1. The number of carbonyl (C=O) groups excluding carboxylic acids is 1. The zero-order chi connectivity index (χ0) is 20.9. The molecule has 0 bridgehead atoms. The maximum atomic E-state index is 12.7. The van der Waals surface area contributed by atoms with E-state index in [-0.39, 0.29) is 5.91 Å². The highest BCUT2D eigenvalue weighted by Gasteiger charge is 2.20. The van der Waals surface area contributed by atoms with Gasteiger partial charge >= 0.3 is 0 Å². The molecule has 0 saturated heterocycles. The quantitative estimate of drug-likeness (QED) is 0.550. The van der Waals surface area contributed by atoms with Crippen LogP contribution in [0.5, 0.6) is 5.75 Å². The maximum absolute atomic E-state index is 12.7. The summed E-state index contributed by atoms with van der Waals surface area (Å²) >= 11 is 1.71. The summed E-state index contributed by atoms with van der Waals surface area (Å²) in [5.74, 6) is 0.660. The van der Waals surface area contributed by atoms with E-state index in [1.807, 2.05) is 30.3 Å². The van der Waals surface area contributed by atoms with Gasteiger partial charge in [0.2, 0.25) is 0 Å². The molecule has 0 aliphatic carbocycles. The van der Waals surface area contributed by atoms with Crippen LogP contribution >= 0.6 is 11.8 Å². The number of amides is 1. The van der Waals surface area contributed by atoms with Crippen molar-refractivity contribution >= 4 is 29.0 Å². The highest BCUT2D eigenvalue weighted by atomic mass is 32.2. The third-order valence-electron chi connectivity index (χ3n) is 5.22. The van der Waals surface area contributed by atoms with Crippen LogP contribution in [0.4, 0.5) is 11.4 Å². The predicted molar refractivity (Wildman–Crippen MR) is 124 cm³/mol. The summed E-state index contributed by atoms with van der Waals surface area (Å²) in [6, 6.07) is 22.4. The van der Waals surface area contributed by atoms with E-state index in [1.165, 1.54) is 10.5 Å². The van der Waals surface area contributed by atoms with Gasteiger partial charge in [-0.05, 0) is 73.2 Å². The molecule has 1 heterocycles. The van der Waals surface area contributed by atoms with Crippen molar-refractivity contribution in [2.75, 3.05) is 24.3 Å². The van der Waals surface area contributed by atoms with E-state index in [4.69, 9.17) is 4.74 Å². The molecule has 0 saturated carbocycles. The van der Waals surface area contributed by atoms with Crippen LogP contribution in [-0.4, -0.2) is 25.3 Å². The number of anilines is 2. The molecule has 0 radical (unpaired) electrons. The van der Waals surface area contributed by atoms with Crippen molar-refractivity contribution in [1.82, 2.24) is 5.32 Å². The number of thioether (sulfide) groups is 1. The van der Waals surface area contributed by atoms with Gasteiger partial charge in [-0.25, -0.2) is 0 Å². The zero-order valence-electron chi connectivity index (χ0n) is 17.4. The first kappa shape index (κ1) is 20.4. The number of fused-ring (bicyclic) bond motifs is 1. The molecule has 4 nitrogen and oxygen atoms in total. The number of nitrogens with zero attached hydrogens (tertiary/aromatic N) is 1. The summed E-state index contributed by atoms with van der Waals surface area (Å²) in [5, 5.41) is 3.01. The number of nitrogens with one attached hydrogen (secondary N) is 1. The number of benzene rings is 3. The molecule has 0 unspecified atom stereocenters. The number of hydrogen-bond donors (Lipinski definition) is 1. The molecular weight excluding hydrogens is 392 g/mol. The van der Waals surface area contributed by atoms with Crippen LogP contribution in [0.25, 0.3) is 0 Å². The van der Waals surface area contributed by atoms with Crippen molar-refractivity contribution in [2.45, 2.75) is 24.8 Å². The molecule has 1 amide bonds. The minimum atomic E-state index is -0.0957. The van der Waals surface area contributed by atoms with Crippen LogP contribution in [0.2, 0.25) is 0 Å². The molecule has 3 aromatic carbocycles. The van der Waals surface area contributed by atoms with Crippen LogP contribution in [0.3, 0.4) is 0 Å². The lowest BCUT2D eigenvalue weighted by atomic mass is 10.1. The summed E-state index contributed by atoms with van der Waals surface area (Å²) in [5.41, 5.74) is 5.06. The zero-order valence-corrected chi connectivity index (χ0v) is 18.2. The molecule has 1 N–H and O–H groups in total. The lowest BCUT2D eigenvalue weighted by Crippen LogP contribution is -2.23. The van der Waals surface area contributed by atoms with E-state index in [0.717, 1.165) is 35.7 Å². The highest BCUT2D eigenvalue weighted by Crippen LogP contribution is 2.37.